The van der Waals surface area contributed by atoms with Crippen LogP contribution in [0, 0.1) is 0 Å². The lowest BCUT2D eigenvalue weighted by molar-refractivity contribution is 0.483. The number of hydrogen-bond donors (Lipinski definition) is 3. The van der Waals surface area contributed by atoms with Crippen LogP contribution in [0.2, 0.25) is 0 Å². The minimum absolute atomic E-state index is 0.154. The zero-order valence-corrected chi connectivity index (χ0v) is 18.5. The summed E-state index contributed by atoms with van der Waals surface area (Å²) in [5.41, 5.74) is 8.86. The maximum Gasteiger partial charge on any atom is 0.295 e. The number of rotatable bonds is 7. The maximum atomic E-state index is 12.1. The van der Waals surface area contributed by atoms with Gasteiger partial charge in [-0.15, -0.1) is 0 Å². The number of nitrogens with one attached hydrogen (secondary N) is 1. The van der Waals surface area contributed by atoms with Gasteiger partial charge in [-0.1, -0.05) is 25.1 Å². The van der Waals surface area contributed by atoms with Crippen molar-refractivity contribution in [3.63, 3.8) is 0 Å². The molecule has 0 saturated carbocycles. The third kappa shape index (κ3) is 4.38. The predicted octanol–water partition coefficient (Wildman–Crippen LogP) is 4.13. The molecule has 7 nitrogen and oxygen atoms in total. The molecule has 1 heterocycles. The fraction of sp³-hybridized carbons (Fsp3) is 0.208. The van der Waals surface area contributed by atoms with E-state index < -0.39 is 10.1 Å². The Morgan fingerprint density at radius 1 is 1.06 bits per heavy atom. The fourth-order valence-electron chi connectivity index (χ4n) is 3.74. The van der Waals surface area contributed by atoms with E-state index in [9.17, 15) is 13.0 Å². The van der Waals surface area contributed by atoms with Gasteiger partial charge < -0.3 is 15.5 Å². The zero-order valence-electron chi connectivity index (χ0n) is 17.7. The van der Waals surface area contributed by atoms with E-state index in [0.29, 0.717) is 35.6 Å². The molecule has 2 aromatic carbocycles. The third-order valence-electron chi connectivity index (χ3n) is 5.14. The molecule has 0 spiro atoms. The molecule has 32 heavy (non-hydrogen) atoms. The van der Waals surface area contributed by atoms with E-state index in [2.05, 4.69) is 17.2 Å². The Morgan fingerprint density at radius 2 is 1.88 bits per heavy atom. The molecule has 0 fully saturated rings. The van der Waals surface area contributed by atoms with Crippen molar-refractivity contribution < 1.29 is 17.4 Å². The molecule has 0 aromatic heterocycles. The summed E-state index contributed by atoms with van der Waals surface area (Å²) in [6.45, 7) is 3.83. The Kier molecular flexibility index (Phi) is 6.27. The van der Waals surface area contributed by atoms with Gasteiger partial charge in [-0.25, -0.2) is 0 Å². The normalized spacial score (nSPS) is 12.5. The first kappa shape index (κ1) is 22.0. The van der Waals surface area contributed by atoms with Gasteiger partial charge in [0, 0.05) is 53.0 Å². The molecule has 1 aliphatic carbocycles. The number of anilines is 1. The van der Waals surface area contributed by atoms with Crippen LogP contribution in [0.1, 0.15) is 13.3 Å². The SMILES string of the molecule is CCCNc1ccc2c(-c3ccccc3S(=O)(=O)O)c3cc/c(=N/CCN)cc-3oc2c1. The van der Waals surface area contributed by atoms with Gasteiger partial charge in [0.1, 0.15) is 16.2 Å². The minimum Gasteiger partial charge on any atom is -0.456 e. The van der Waals surface area contributed by atoms with Gasteiger partial charge in [0.25, 0.3) is 10.1 Å². The van der Waals surface area contributed by atoms with Crippen molar-refractivity contribution in [2.75, 3.05) is 25.0 Å². The Balaban J connectivity index is 2.08. The molecular weight excluding hydrogens is 426 g/mol. The van der Waals surface area contributed by atoms with Crippen LogP contribution in [0.5, 0.6) is 0 Å². The van der Waals surface area contributed by atoms with Crippen LogP contribution in [0.15, 0.2) is 75.0 Å². The summed E-state index contributed by atoms with van der Waals surface area (Å²) >= 11 is 0. The quantitative estimate of drug-likeness (QED) is 0.287. The van der Waals surface area contributed by atoms with Crippen molar-refractivity contribution in [1.82, 2.24) is 0 Å². The molecule has 4 N–H and O–H groups in total. The van der Waals surface area contributed by atoms with E-state index in [4.69, 9.17) is 10.2 Å². The largest absolute Gasteiger partial charge is 0.456 e. The lowest BCUT2D eigenvalue weighted by Gasteiger charge is -2.17. The second kappa shape index (κ2) is 9.12. The molecule has 0 atom stereocenters. The van der Waals surface area contributed by atoms with Gasteiger partial charge in [0.15, 0.2) is 0 Å². The average molecular weight is 452 g/mol. The molecule has 0 saturated heterocycles. The van der Waals surface area contributed by atoms with Gasteiger partial charge in [0.05, 0.1) is 11.9 Å². The number of fused-ring (bicyclic) bond motifs is 2. The molecule has 166 valence electrons. The molecule has 0 bridgehead atoms. The molecular formula is C24H25N3O4S. The van der Waals surface area contributed by atoms with Gasteiger partial charge >= 0.3 is 0 Å². The zero-order chi connectivity index (χ0) is 22.7. The molecule has 8 heteroatoms. The maximum absolute atomic E-state index is 12.1. The molecule has 4 rings (SSSR count). The first-order valence-electron chi connectivity index (χ1n) is 10.4. The van der Waals surface area contributed by atoms with Crippen LogP contribution in [0.3, 0.4) is 0 Å². The monoisotopic (exact) mass is 451 g/mol. The number of nitrogens with zero attached hydrogens (tertiary/aromatic N) is 1. The number of hydrogen-bond acceptors (Lipinski definition) is 6. The van der Waals surface area contributed by atoms with E-state index in [1.54, 1.807) is 18.2 Å². The van der Waals surface area contributed by atoms with Crippen molar-refractivity contribution in [2.24, 2.45) is 10.7 Å². The summed E-state index contributed by atoms with van der Waals surface area (Å²) in [6, 6.07) is 17.7. The Bertz CT molecular complexity index is 1410. The van der Waals surface area contributed by atoms with Crippen LogP contribution in [-0.2, 0) is 10.1 Å². The fourth-order valence-corrected chi connectivity index (χ4v) is 4.44. The molecule has 0 amide bonds. The van der Waals surface area contributed by atoms with Crippen LogP contribution in [0.25, 0.3) is 33.4 Å². The summed E-state index contributed by atoms with van der Waals surface area (Å²) in [5, 5.41) is 4.80. The van der Waals surface area contributed by atoms with E-state index in [1.807, 2.05) is 36.4 Å². The summed E-state index contributed by atoms with van der Waals surface area (Å²) in [7, 11) is -4.43. The Morgan fingerprint density at radius 3 is 2.62 bits per heavy atom. The minimum atomic E-state index is -4.43. The molecule has 0 unspecified atom stereocenters. The summed E-state index contributed by atoms with van der Waals surface area (Å²) in [4.78, 5) is 4.29. The van der Waals surface area contributed by atoms with Gasteiger partial charge in [-0.3, -0.25) is 9.55 Å². The van der Waals surface area contributed by atoms with Crippen molar-refractivity contribution in [3.8, 4) is 22.5 Å². The molecule has 0 radical (unpaired) electrons. The second-order valence-corrected chi connectivity index (χ2v) is 8.83. The van der Waals surface area contributed by atoms with E-state index in [-0.39, 0.29) is 4.90 Å². The lowest BCUT2D eigenvalue weighted by atomic mass is 9.93. The van der Waals surface area contributed by atoms with Crippen LogP contribution in [0.4, 0.5) is 5.69 Å². The standard InChI is InChI=1S/C24H25N3O4S/c1-2-12-26-16-7-9-18-21(14-16)31-22-15-17(27-13-11-25)8-10-19(22)24(18)20-5-3-4-6-23(20)32(28,29)30/h3-10,14-15,26H,2,11-13,25H2,1H3,(H,28,29,30)/b27-17-. The smallest absolute Gasteiger partial charge is 0.295 e. The second-order valence-electron chi connectivity index (χ2n) is 7.44. The Hall–Kier alpha value is -3.20. The van der Waals surface area contributed by atoms with Crippen molar-refractivity contribution in [2.45, 2.75) is 18.2 Å². The van der Waals surface area contributed by atoms with E-state index in [0.717, 1.165) is 35.0 Å². The molecule has 1 aliphatic heterocycles. The number of benzene rings is 3. The van der Waals surface area contributed by atoms with Crippen molar-refractivity contribution in [3.05, 3.63) is 66.0 Å². The van der Waals surface area contributed by atoms with Crippen LogP contribution in [-0.4, -0.2) is 32.6 Å². The number of nitrogens with two attached hydrogens (primary N) is 1. The third-order valence-corrected chi connectivity index (χ3v) is 6.05. The average Bonchev–Trinajstić information content (AvgIpc) is 2.79. The highest BCUT2D eigenvalue weighted by Gasteiger charge is 2.23. The van der Waals surface area contributed by atoms with E-state index >= 15 is 0 Å². The molecule has 2 aliphatic rings. The highest BCUT2D eigenvalue weighted by molar-refractivity contribution is 7.86. The topological polar surface area (TPSA) is 118 Å². The van der Waals surface area contributed by atoms with Gasteiger partial charge in [-0.05, 0) is 36.8 Å². The van der Waals surface area contributed by atoms with Crippen LogP contribution < -0.4 is 16.4 Å². The van der Waals surface area contributed by atoms with E-state index in [1.165, 1.54) is 6.07 Å². The van der Waals surface area contributed by atoms with Gasteiger partial charge in [-0.2, -0.15) is 8.42 Å². The van der Waals surface area contributed by atoms with Crippen molar-refractivity contribution >= 4 is 26.8 Å². The lowest BCUT2D eigenvalue weighted by Crippen LogP contribution is -2.09. The highest BCUT2D eigenvalue weighted by Crippen LogP contribution is 2.42. The van der Waals surface area contributed by atoms with Gasteiger partial charge in [0.2, 0.25) is 0 Å². The molecule has 2 aromatic rings. The summed E-state index contributed by atoms with van der Waals surface area (Å²) < 4.78 is 40.4. The van der Waals surface area contributed by atoms with Crippen molar-refractivity contribution in [1.29, 1.82) is 0 Å². The summed E-state index contributed by atoms with van der Waals surface area (Å²) in [5.74, 6) is 0.559. The highest BCUT2D eigenvalue weighted by atomic mass is 32.2. The first-order valence-corrected chi connectivity index (χ1v) is 11.9. The van der Waals surface area contributed by atoms with Crippen LogP contribution >= 0.6 is 0 Å². The Labute approximate surface area is 186 Å². The predicted molar refractivity (Wildman–Crippen MR) is 126 cm³/mol. The first-order chi connectivity index (χ1) is 15.4. The summed E-state index contributed by atoms with van der Waals surface area (Å²) in [6.07, 6.45) is 0.978.